The van der Waals surface area contributed by atoms with E-state index in [1.807, 2.05) is 0 Å². The Hall–Kier alpha value is -1.79. The molecule has 0 radical (unpaired) electrons. The van der Waals surface area contributed by atoms with E-state index >= 15 is 0 Å². The van der Waals surface area contributed by atoms with Crippen LogP contribution < -0.4 is 0 Å². The molecule has 2 rings (SSSR count). The molecule has 0 heterocycles. The summed E-state index contributed by atoms with van der Waals surface area (Å²) in [6.45, 7) is 0. The van der Waals surface area contributed by atoms with E-state index in [0.29, 0.717) is 11.1 Å². The smallest absolute Gasteiger partial charge is 0.253 e. The number of alkyl halides is 2. The second-order valence-electron chi connectivity index (χ2n) is 4.05. The monoisotopic (exact) mass is 298 g/mol. The van der Waals surface area contributed by atoms with Crippen molar-refractivity contribution in [2.24, 2.45) is 0 Å². The molecule has 0 fully saturated rings. The summed E-state index contributed by atoms with van der Waals surface area (Å²) in [6, 6.07) is 16.7. The van der Waals surface area contributed by atoms with Crippen molar-refractivity contribution in [1.29, 1.82) is 0 Å². The molecular formula is C14H12F2O3S. The highest BCUT2D eigenvalue weighted by molar-refractivity contribution is 7.87. The molecule has 0 saturated heterocycles. The zero-order valence-electron chi connectivity index (χ0n) is 10.3. The van der Waals surface area contributed by atoms with Crippen LogP contribution in [0.3, 0.4) is 0 Å². The predicted octanol–water partition coefficient (Wildman–Crippen LogP) is 3.35. The fourth-order valence-corrected chi connectivity index (χ4v) is 2.31. The maximum atomic E-state index is 12.5. The lowest BCUT2D eigenvalue weighted by Crippen LogP contribution is -2.19. The van der Waals surface area contributed by atoms with Crippen LogP contribution in [0, 0.1) is 0 Å². The zero-order valence-corrected chi connectivity index (χ0v) is 11.1. The molecule has 0 spiro atoms. The van der Waals surface area contributed by atoms with Crippen molar-refractivity contribution in [3.63, 3.8) is 0 Å². The molecule has 0 aliphatic heterocycles. The van der Waals surface area contributed by atoms with E-state index in [4.69, 9.17) is 4.18 Å². The molecule has 0 unspecified atom stereocenters. The molecule has 0 bridgehead atoms. The van der Waals surface area contributed by atoms with Crippen LogP contribution in [0.25, 0.3) is 0 Å². The highest BCUT2D eigenvalue weighted by Crippen LogP contribution is 2.29. The van der Waals surface area contributed by atoms with Crippen molar-refractivity contribution >= 4 is 10.1 Å². The minimum atomic E-state index is -4.93. The third-order valence-corrected chi connectivity index (χ3v) is 3.55. The Labute approximate surface area is 115 Å². The van der Waals surface area contributed by atoms with Crippen LogP contribution in [0.1, 0.15) is 17.2 Å². The van der Waals surface area contributed by atoms with Crippen LogP contribution in [0.15, 0.2) is 60.7 Å². The standard InChI is InChI=1S/C14H12F2O3S/c15-14(16)20(17,18)19-13(11-7-3-1-4-8-11)12-9-5-2-6-10-12/h1-10,13-14H. The van der Waals surface area contributed by atoms with Gasteiger partial charge in [0.1, 0.15) is 6.10 Å². The Morgan fingerprint density at radius 3 is 1.55 bits per heavy atom. The molecule has 0 aliphatic rings. The van der Waals surface area contributed by atoms with Gasteiger partial charge in [-0.3, -0.25) is 4.18 Å². The summed E-state index contributed by atoms with van der Waals surface area (Å²) in [7, 11) is -4.93. The van der Waals surface area contributed by atoms with Gasteiger partial charge < -0.3 is 0 Å². The first-order valence-electron chi connectivity index (χ1n) is 5.81. The molecule has 6 heteroatoms. The van der Waals surface area contributed by atoms with Gasteiger partial charge >= 0.3 is 15.9 Å². The number of hydrogen-bond acceptors (Lipinski definition) is 3. The maximum Gasteiger partial charge on any atom is 0.361 e. The van der Waals surface area contributed by atoms with E-state index in [1.165, 1.54) is 0 Å². The lowest BCUT2D eigenvalue weighted by atomic mass is 10.0. The number of halogens is 2. The van der Waals surface area contributed by atoms with Crippen molar-refractivity contribution in [2.45, 2.75) is 11.9 Å². The van der Waals surface area contributed by atoms with Crippen LogP contribution in [-0.4, -0.2) is 14.2 Å². The third-order valence-electron chi connectivity index (χ3n) is 2.65. The molecule has 0 atom stereocenters. The van der Waals surface area contributed by atoms with E-state index in [2.05, 4.69) is 0 Å². The van der Waals surface area contributed by atoms with Gasteiger partial charge in [0.2, 0.25) is 0 Å². The van der Waals surface area contributed by atoms with Gasteiger partial charge in [-0.05, 0) is 11.1 Å². The second-order valence-corrected chi connectivity index (χ2v) is 5.59. The average Bonchev–Trinajstić information content (AvgIpc) is 2.46. The molecule has 0 saturated carbocycles. The van der Waals surface area contributed by atoms with E-state index in [9.17, 15) is 17.2 Å². The van der Waals surface area contributed by atoms with Gasteiger partial charge in [0.05, 0.1) is 0 Å². The largest absolute Gasteiger partial charge is 0.361 e. The fraction of sp³-hybridized carbons (Fsp3) is 0.143. The van der Waals surface area contributed by atoms with Gasteiger partial charge in [-0.25, -0.2) is 0 Å². The van der Waals surface area contributed by atoms with Crippen LogP contribution in [0.2, 0.25) is 0 Å². The summed E-state index contributed by atoms with van der Waals surface area (Å²) in [5, 5.41) is 0. The lowest BCUT2D eigenvalue weighted by Gasteiger charge is -2.18. The lowest BCUT2D eigenvalue weighted by molar-refractivity contribution is 0.177. The predicted molar refractivity (Wildman–Crippen MR) is 70.7 cm³/mol. The van der Waals surface area contributed by atoms with Crippen molar-refractivity contribution in [2.75, 3.05) is 0 Å². The van der Waals surface area contributed by atoms with E-state index in [1.54, 1.807) is 60.7 Å². The van der Waals surface area contributed by atoms with E-state index in [0.717, 1.165) is 0 Å². The molecule has 3 nitrogen and oxygen atoms in total. The van der Waals surface area contributed by atoms with Crippen molar-refractivity contribution in [3.05, 3.63) is 71.8 Å². The number of rotatable bonds is 5. The topological polar surface area (TPSA) is 43.4 Å². The summed E-state index contributed by atoms with van der Waals surface area (Å²) < 4.78 is 52.3. The highest BCUT2D eigenvalue weighted by atomic mass is 32.2. The molecule has 0 amide bonds. The SMILES string of the molecule is O=S(=O)(OC(c1ccccc1)c1ccccc1)C(F)F. The van der Waals surface area contributed by atoms with Crippen LogP contribution in [0.4, 0.5) is 8.78 Å². The van der Waals surface area contributed by atoms with Crippen LogP contribution in [0.5, 0.6) is 0 Å². The first-order chi connectivity index (χ1) is 9.50. The van der Waals surface area contributed by atoms with Gasteiger partial charge in [-0.1, -0.05) is 60.7 Å². The quantitative estimate of drug-likeness (QED) is 0.795. The van der Waals surface area contributed by atoms with Gasteiger partial charge in [0.15, 0.2) is 0 Å². The number of benzene rings is 2. The minimum absolute atomic E-state index is 0.489. The fourth-order valence-electron chi connectivity index (χ4n) is 1.74. The summed E-state index contributed by atoms with van der Waals surface area (Å²) in [4.78, 5) is 0. The Morgan fingerprint density at radius 1 is 0.800 bits per heavy atom. The summed E-state index contributed by atoms with van der Waals surface area (Å²) in [5.74, 6) is -3.57. The summed E-state index contributed by atoms with van der Waals surface area (Å²) in [6.07, 6.45) is -1.09. The minimum Gasteiger partial charge on any atom is -0.253 e. The normalized spacial score (nSPS) is 12.0. The molecule has 106 valence electrons. The second kappa shape index (κ2) is 6.11. The third kappa shape index (κ3) is 3.40. The maximum absolute atomic E-state index is 12.5. The van der Waals surface area contributed by atoms with Crippen LogP contribution >= 0.6 is 0 Å². The molecular weight excluding hydrogens is 286 g/mol. The van der Waals surface area contributed by atoms with Gasteiger partial charge in [0, 0.05) is 0 Å². The van der Waals surface area contributed by atoms with Crippen LogP contribution in [-0.2, 0) is 14.3 Å². The molecule has 0 N–H and O–H groups in total. The highest BCUT2D eigenvalue weighted by Gasteiger charge is 2.30. The first kappa shape index (κ1) is 14.6. The van der Waals surface area contributed by atoms with Crippen molar-refractivity contribution in [1.82, 2.24) is 0 Å². The molecule has 0 aromatic heterocycles. The van der Waals surface area contributed by atoms with E-state index in [-0.39, 0.29) is 0 Å². The van der Waals surface area contributed by atoms with E-state index < -0.39 is 22.0 Å². The Kier molecular flexibility index (Phi) is 4.46. The van der Waals surface area contributed by atoms with Gasteiger partial charge in [0.25, 0.3) is 0 Å². The molecule has 0 aliphatic carbocycles. The summed E-state index contributed by atoms with van der Waals surface area (Å²) >= 11 is 0. The first-order valence-corrected chi connectivity index (χ1v) is 7.28. The number of hydrogen-bond donors (Lipinski definition) is 0. The summed E-state index contributed by atoms with van der Waals surface area (Å²) in [5.41, 5.74) is 0.978. The Balaban J connectivity index is 2.41. The Morgan fingerprint density at radius 2 is 1.20 bits per heavy atom. The van der Waals surface area contributed by atoms with Gasteiger partial charge in [-0.15, -0.1) is 0 Å². The zero-order chi connectivity index (χ0) is 14.6. The average molecular weight is 298 g/mol. The molecule has 20 heavy (non-hydrogen) atoms. The Bertz CT molecular complexity index is 603. The molecule has 2 aromatic rings. The van der Waals surface area contributed by atoms with Gasteiger partial charge in [-0.2, -0.15) is 17.2 Å². The molecule has 2 aromatic carbocycles. The van der Waals surface area contributed by atoms with Crippen molar-refractivity contribution in [3.8, 4) is 0 Å². The van der Waals surface area contributed by atoms with Crippen molar-refractivity contribution < 1.29 is 21.4 Å².